The smallest absolute Gasteiger partial charge is 0.143 e. The van der Waals surface area contributed by atoms with E-state index in [0.717, 1.165) is 10.8 Å². The molecule has 4 aromatic rings. The second-order valence-electron chi connectivity index (χ2n) is 4.40. The van der Waals surface area contributed by atoms with Crippen LogP contribution in [0, 0.1) is 0 Å². The molecule has 4 rings (SSSR count). The first-order valence-electron chi connectivity index (χ1n) is 8.59. The van der Waals surface area contributed by atoms with Crippen molar-refractivity contribution in [2.24, 2.45) is 0 Å². The standard InChI is InChI=1S/C18H11ClO/c19-15-10-5-11-16-17(15)14-9-4-8-13(18(14)20-16)12-6-2-1-3-7-12/h1-11H/i1D,2D,3D,6D,7D. The lowest BCUT2D eigenvalue weighted by molar-refractivity contribution is 0.670. The maximum atomic E-state index is 8.18. The summed E-state index contributed by atoms with van der Waals surface area (Å²) in [7, 11) is 0. The Morgan fingerprint density at radius 3 is 2.60 bits per heavy atom. The molecule has 0 N–H and O–H groups in total. The number of hydrogen-bond acceptors (Lipinski definition) is 1. The van der Waals surface area contributed by atoms with Crippen LogP contribution in [0.25, 0.3) is 33.1 Å². The highest BCUT2D eigenvalue weighted by Gasteiger charge is 2.13. The number of furan rings is 1. The van der Waals surface area contributed by atoms with E-state index in [9.17, 15) is 0 Å². The summed E-state index contributed by atoms with van der Waals surface area (Å²) < 4.78 is 45.8. The zero-order chi connectivity index (χ0) is 17.9. The molecule has 0 saturated heterocycles. The summed E-state index contributed by atoms with van der Waals surface area (Å²) in [4.78, 5) is 0. The molecule has 0 spiro atoms. The third-order valence-corrected chi connectivity index (χ3v) is 3.56. The van der Waals surface area contributed by atoms with Gasteiger partial charge in [-0.2, -0.15) is 0 Å². The largest absolute Gasteiger partial charge is 0.455 e. The maximum absolute atomic E-state index is 8.18. The third kappa shape index (κ3) is 1.64. The number of benzene rings is 3. The van der Waals surface area contributed by atoms with Crippen LogP contribution in [0.2, 0.25) is 5.02 Å². The van der Waals surface area contributed by atoms with Gasteiger partial charge in [-0.05, 0) is 17.7 Å². The summed E-state index contributed by atoms with van der Waals surface area (Å²) in [5.74, 6) is 0. The molecule has 0 aliphatic carbocycles. The van der Waals surface area contributed by atoms with Gasteiger partial charge in [0.15, 0.2) is 0 Å². The molecule has 1 heterocycles. The van der Waals surface area contributed by atoms with Crippen LogP contribution in [-0.4, -0.2) is 0 Å². The number of fused-ring (bicyclic) bond motifs is 3. The lowest BCUT2D eigenvalue weighted by atomic mass is 10.0. The minimum absolute atomic E-state index is 0.117. The van der Waals surface area contributed by atoms with Crippen LogP contribution in [0.4, 0.5) is 0 Å². The summed E-state index contributed by atoms with van der Waals surface area (Å²) in [6, 6.07) is 8.92. The SMILES string of the molecule is [2H]c1c([2H])c([2H])c(-c2cccc3c2oc2cccc(Cl)c23)c([2H])c1[2H]. The van der Waals surface area contributed by atoms with Gasteiger partial charge in [0.25, 0.3) is 0 Å². The van der Waals surface area contributed by atoms with Crippen molar-refractivity contribution in [3.8, 4) is 11.1 Å². The summed E-state index contributed by atoms with van der Waals surface area (Å²) in [5.41, 5.74) is 1.60. The summed E-state index contributed by atoms with van der Waals surface area (Å²) in [6.07, 6.45) is 0. The zero-order valence-electron chi connectivity index (χ0n) is 15.3. The van der Waals surface area contributed by atoms with Gasteiger partial charge in [0, 0.05) is 16.3 Å². The molecule has 0 aliphatic rings. The van der Waals surface area contributed by atoms with Gasteiger partial charge in [-0.15, -0.1) is 0 Å². The van der Waals surface area contributed by atoms with Gasteiger partial charge in [-0.3, -0.25) is 0 Å². The summed E-state index contributed by atoms with van der Waals surface area (Å²) >= 11 is 6.29. The molecule has 0 aliphatic heterocycles. The Labute approximate surface area is 128 Å². The van der Waals surface area contributed by atoms with E-state index < -0.39 is 6.04 Å². The van der Waals surface area contributed by atoms with Gasteiger partial charge in [-0.25, -0.2) is 0 Å². The minimum atomic E-state index is -0.418. The van der Waals surface area contributed by atoms with Crippen LogP contribution in [-0.2, 0) is 0 Å². The molecule has 3 aromatic carbocycles. The normalized spacial score (nSPS) is 14.8. The number of rotatable bonds is 1. The number of halogens is 1. The van der Waals surface area contributed by atoms with Gasteiger partial charge < -0.3 is 4.42 Å². The van der Waals surface area contributed by atoms with Crippen LogP contribution >= 0.6 is 11.6 Å². The van der Waals surface area contributed by atoms with Gasteiger partial charge in [0.1, 0.15) is 11.2 Å². The van der Waals surface area contributed by atoms with E-state index in [0.29, 0.717) is 21.8 Å². The molecule has 0 atom stereocenters. The Bertz CT molecular complexity index is 1140. The number of para-hydroxylation sites is 1. The Hall–Kier alpha value is -2.25. The maximum Gasteiger partial charge on any atom is 0.143 e. The van der Waals surface area contributed by atoms with E-state index in [1.807, 2.05) is 6.07 Å². The minimum Gasteiger partial charge on any atom is -0.455 e. The monoisotopic (exact) mass is 283 g/mol. The molecule has 20 heavy (non-hydrogen) atoms. The van der Waals surface area contributed by atoms with E-state index in [2.05, 4.69) is 0 Å². The van der Waals surface area contributed by atoms with Crippen molar-refractivity contribution >= 4 is 33.5 Å². The molecule has 2 heteroatoms. The van der Waals surface area contributed by atoms with Crippen molar-refractivity contribution in [2.45, 2.75) is 0 Å². The predicted molar refractivity (Wildman–Crippen MR) is 84.2 cm³/mol. The Balaban J connectivity index is 2.17. The van der Waals surface area contributed by atoms with Crippen molar-refractivity contribution < 1.29 is 11.3 Å². The molecule has 0 radical (unpaired) electrons. The van der Waals surface area contributed by atoms with Crippen LogP contribution in [0.5, 0.6) is 0 Å². The van der Waals surface area contributed by atoms with Gasteiger partial charge in [-0.1, -0.05) is 66.1 Å². The molecule has 0 bridgehead atoms. The fourth-order valence-electron chi connectivity index (χ4n) is 2.39. The Morgan fingerprint density at radius 1 is 0.950 bits per heavy atom. The molecular weight excluding hydrogens is 268 g/mol. The zero-order valence-corrected chi connectivity index (χ0v) is 11.0. The second-order valence-corrected chi connectivity index (χ2v) is 4.80. The first kappa shape index (κ1) is 7.51. The van der Waals surface area contributed by atoms with Crippen molar-refractivity contribution in [3.05, 3.63) is 71.6 Å². The van der Waals surface area contributed by atoms with Gasteiger partial charge >= 0.3 is 0 Å². The lowest BCUT2D eigenvalue weighted by Gasteiger charge is -2.01. The molecule has 0 fully saturated rings. The van der Waals surface area contributed by atoms with Crippen LogP contribution in [0.15, 0.2) is 71.0 Å². The molecule has 1 nitrogen and oxygen atoms in total. The second kappa shape index (κ2) is 4.39. The van der Waals surface area contributed by atoms with E-state index >= 15 is 0 Å². The molecular formula is C18H11ClO. The van der Waals surface area contributed by atoms with Gasteiger partial charge in [0.2, 0.25) is 0 Å². The van der Waals surface area contributed by atoms with Gasteiger partial charge in [0.05, 0.1) is 11.9 Å². The van der Waals surface area contributed by atoms with Crippen molar-refractivity contribution in [2.75, 3.05) is 0 Å². The van der Waals surface area contributed by atoms with E-state index in [4.69, 9.17) is 22.9 Å². The third-order valence-electron chi connectivity index (χ3n) is 3.24. The average Bonchev–Trinajstić information content (AvgIpc) is 2.99. The average molecular weight is 284 g/mol. The number of hydrogen-bond donors (Lipinski definition) is 0. The fraction of sp³-hybridized carbons (Fsp3) is 0. The predicted octanol–water partition coefficient (Wildman–Crippen LogP) is 5.91. The van der Waals surface area contributed by atoms with E-state index in [1.54, 1.807) is 30.3 Å². The van der Waals surface area contributed by atoms with Crippen molar-refractivity contribution in [3.63, 3.8) is 0 Å². The van der Waals surface area contributed by atoms with Crippen molar-refractivity contribution in [1.29, 1.82) is 0 Å². The molecule has 0 amide bonds. The Morgan fingerprint density at radius 2 is 1.75 bits per heavy atom. The van der Waals surface area contributed by atoms with Crippen LogP contribution < -0.4 is 0 Å². The van der Waals surface area contributed by atoms with Crippen molar-refractivity contribution in [1.82, 2.24) is 0 Å². The molecule has 0 unspecified atom stereocenters. The van der Waals surface area contributed by atoms with Crippen LogP contribution in [0.1, 0.15) is 6.85 Å². The topological polar surface area (TPSA) is 13.1 Å². The molecule has 1 aromatic heterocycles. The van der Waals surface area contributed by atoms with E-state index in [1.165, 1.54) is 0 Å². The molecule has 96 valence electrons. The van der Waals surface area contributed by atoms with E-state index in [-0.39, 0.29) is 29.7 Å². The highest BCUT2D eigenvalue weighted by atomic mass is 35.5. The quantitative estimate of drug-likeness (QED) is 0.423. The summed E-state index contributed by atoms with van der Waals surface area (Å²) in [5, 5.41) is 2.02. The first-order valence-corrected chi connectivity index (χ1v) is 6.46. The highest BCUT2D eigenvalue weighted by molar-refractivity contribution is 6.37. The Kier molecular flexibility index (Phi) is 1.65. The highest BCUT2D eigenvalue weighted by Crippen LogP contribution is 2.38. The fourth-order valence-corrected chi connectivity index (χ4v) is 2.65. The summed E-state index contributed by atoms with van der Waals surface area (Å²) in [6.45, 7) is 0. The molecule has 0 saturated carbocycles. The first-order chi connectivity index (χ1) is 11.9. The van der Waals surface area contributed by atoms with Crippen LogP contribution in [0.3, 0.4) is 0 Å². The lowest BCUT2D eigenvalue weighted by Crippen LogP contribution is -1.77.